The number of ketones is 1. The Balaban J connectivity index is 2.75. The van der Waals surface area contributed by atoms with E-state index in [1.165, 1.54) is 0 Å². The molecular weight excluding hydrogens is 230 g/mol. The van der Waals surface area contributed by atoms with Crippen LogP contribution in [0.2, 0.25) is 0 Å². The van der Waals surface area contributed by atoms with Gasteiger partial charge in [-0.3, -0.25) is 4.79 Å². The molecule has 18 heavy (non-hydrogen) atoms. The number of likely N-dealkylation sites (tertiary alicyclic amines) is 1. The summed E-state index contributed by atoms with van der Waals surface area (Å²) in [5.41, 5.74) is -0.528. The van der Waals surface area contributed by atoms with Crippen molar-refractivity contribution in [2.75, 3.05) is 6.54 Å². The number of amides is 1. The number of nitrogens with zero attached hydrogens (tertiary/aromatic N) is 1. The van der Waals surface area contributed by atoms with Crippen molar-refractivity contribution in [3.8, 4) is 12.3 Å². The molecule has 2 atom stereocenters. The van der Waals surface area contributed by atoms with Gasteiger partial charge in [-0.1, -0.05) is 0 Å². The molecule has 0 spiro atoms. The standard InChI is InChI=1S/C14H21NO3/c1-6-12(16)11-8-7-9-15(10(11)2)13(17)18-14(3,4)5/h1,10-11H,7-9H2,2-5H3/t10-,11-/m1/s1. The molecule has 1 saturated heterocycles. The topological polar surface area (TPSA) is 46.6 Å². The zero-order valence-electron chi connectivity index (χ0n) is 11.5. The van der Waals surface area contributed by atoms with Gasteiger partial charge in [0.25, 0.3) is 0 Å². The van der Waals surface area contributed by atoms with Crippen molar-refractivity contribution in [1.29, 1.82) is 0 Å². The van der Waals surface area contributed by atoms with Crippen LogP contribution in [-0.4, -0.2) is 35.0 Å². The molecule has 0 saturated carbocycles. The van der Waals surface area contributed by atoms with Gasteiger partial charge >= 0.3 is 6.09 Å². The maximum atomic E-state index is 12.0. The molecule has 0 N–H and O–H groups in total. The van der Waals surface area contributed by atoms with E-state index in [4.69, 9.17) is 11.2 Å². The number of ether oxygens (including phenoxy) is 1. The van der Waals surface area contributed by atoms with Crippen molar-refractivity contribution in [2.45, 2.75) is 52.2 Å². The quantitative estimate of drug-likeness (QED) is 0.530. The summed E-state index contributed by atoms with van der Waals surface area (Å²) in [4.78, 5) is 25.2. The summed E-state index contributed by atoms with van der Waals surface area (Å²) < 4.78 is 5.33. The Labute approximate surface area is 109 Å². The number of hydrogen-bond donors (Lipinski definition) is 0. The fourth-order valence-corrected chi connectivity index (χ4v) is 2.18. The van der Waals surface area contributed by atoms with Crippen LogP contribution in [0, 0.1) is 18.3 Å². The Bertz CT molecular complexity index is 375. The second-order valence-electron chi connectivity index (χ2n) is 5.67. The van der Waals surface area contributed by atoms with E-state index in [0.29, 0.717) is 6.54 Å². The summed E-state index contributed by atoms with van der Waals surface area (Å²) in [7, 11) is 0. The van der Waals surface area contributed by atoms with Crippen molar-refractivity contribution < 1.29 is 14.3 Å². The molecule has 1 fully saturated rings. The summed E-state index contributed by atoms with van der Waals surface area (Å²) in [5.74, 6) is 1.66. The Hall–Kier alpha value is -1.50. The van der Waals surface area contributed by atoms with Crippen molar-refractivity contribution in [3.05, 3.63) is 0 Å². The van der Waals surface area contributed by atoms with Crippen LogP contribution in [0.1, 0.15) is 40.5 Å². The third-order valence-electron chi connectivity index (χ3n) is 3.10. The van der Waals surface area contributed by atoms with Crippen LogP contribution < -0.4 is 0 Å². The smallest absolute Gasteiger partial charge is 0.410 e. The van der Waals surface area contributed by atoms with E-state index in [0.717, 1.165) is 12.8 Å². The Morgan fingerprint density at radius 2 is 2.00 bits per heavy atom. The molecule has 1 amide bonds. The first kappa shape index (κ1) is 14.6. The van der Waals surface area contributed by atoms with Crippen molar-refractivity contribution in [2.24, 2.45) is 5.92 Å². The molecule has 0 aromatic rings. The largest absolute Gasteiger partial charge is 0.444 e. The van der Waals surface area contributed by atoms with E-state index in [9.17, 15) is 9.59 Å². The number of terminal acetylenes is 1. The first-order valence-corrected chi connectivity index (χ1v) is 6.26. The Morgan fingerprint density at radius 3 is 2.50 bits per heavy atom. The van der Waals surface area contributed by atoms with Gasteiger partial charge < -0.3 is 9.64 Å². The van der Waals surface area contributed by atoms with Gasteiger partial charge in [-0.05, 0) is 46.5 Å². The van der Waals surface area contributed by atoms with Crippen LogP contribution in [0.25, 0.3) is 0 Å². The average Bonchev–Trinajstić information content (AvgIpc) is 2.26. The van der Waals surface area contributed by atoms with Crippen LogP contribution in [0.4, 0.5) is 4.79 Å². The summed E-state index contributed by atoms with van der Waals surface area (Å²) >= 11 is 0. The molecule has 0 radical (unpaired) electrons. The monoisotopic (exact) mass is 251 g/mol. The van der Waals surface area contributed by atoms with Crippen LogP contribution in [0.3, 0.4) is 0 Å². The lowest BCUT2D eigenvalue weighted by Crippen LogP contribution is -2.50. The minimum absolute atomic E-state index is 0.197. The van der Waals surface area contributed by atoms with Crippen LogP contribution in [0.5, 0.6) is 0 Å². The number of Topliss-reactive ketones (excluding diaryl/α,β-unsaturated/α-hetero) is 1. The van der Waals surface area contributed by atoms with Gasteiger partial charge in [0.2, 0.25) is 5.78 Å². The molecule has 0 unspecified atom stereocenters. The number of carbonyl (C=O) groups is 2. The fraction of sp³-hybridized carbons (Fsp3) is 0.714. The minimum Gasteiger partial charge on any atom is -0.444 e. The highest BCUT2D eigenvalue weighted by Gasteiger charge is 2.36. The number of rotatable bonds is 1. The average molecular weight is 251 g/mol. The third kappa shape index (κ3) is 3.49. The number of carbonyl (C=O) groups excluding carboxylic acids is 2. The lowest BCUT2D eigenvalue weighted by atomic mass is 9.87. The van der Waals surface area contributed by atoms with E-state index in [1.807, 2.05) is 27.7 Å². The lowest BCUT2D eigenvalue weighted by molar-refractivity contribution is -0.120. The van der Waals surface area contributed by atoms with E-state index in [1.54, 1.807) is 4.90 Å². The highest BCUT2D eigenvalue weighted by atomic mass is 16.6. The predicted molar refractivity (Wildman–Crippen MR) is 69.0 cm³/mol. The zero-order valence-corrected chi connectivity index (χ0v) is 11.5. The van der Waals surface area contributed by atoms with E-state index in [2.05, 4.69) is 5.92 Å². The number of piperidine rings is 1. The second kappa shape index (κ2) is 5.43. The molecule has 100 valence electrons. The molecule has 4 heteroatoms. The molecule has 1 rings (SSSR count). The van der Waals surface area contributed by atoms with E-state index in [-0.39, 0.29) is 23.8 Å². The first-order chi connectivity index (χ1) is 8.26. The molecule has 4 nitrogen and oxygen atoms in total. The van der Waals surface area contributed by atoms with Crippen molar-refractivity contribution >= 4 is 11.9 Å². The maximum Gasteiger partial charge on any atom is 0.410 e. The predicted octanol–water partition coefficient (Wildman–Crippen LogP) is 2.22. The van der Waals surface area contributed by atoms with E-state index >= 15 is 0 Å². The van der Waals surface area contributed by atoms with Gasteiger partial charge in [0, 0.05) is 12.6 Å². The van der Waals surface area contributed by atoms with Crippen molar-refractivity contribution in [3.63, 3.8) is 0 Å². The maximum absolute atomic E-state index is 12.0. The van der Waals surface area contributed by atoms with Crippen LogP contribution >= 0.6 is 0 Å². The van der Waals surface area contributed by atoms with Crippen molar-refractivity contribution in [1.82, 2.24) is 4.90 Å². The molecule has 1 aliphatic rings. The van der Waals surface area contributed by atoms with Gasteiger partial charge in [-0.25, -0.2) is 4.79 Å². The summed E-state index contributed by atoms with van der Waals surface area (Å²) in [6.45, 7) is 7.93. The van der Waals surface area contributed by atoms with Gasteiger partial charge in [0.15, 0.2) is 0 Å². The third-order valence-corrected chi connectivity index (χ3v) is 3.10. The Kier molecular flexibility index (Phi) is 4.39. The van der Waals surface area contributed by atoms with Crippen LogP contribution in [0.15, 0.2) is 0 Å². The minimum atomic E-state index is -0.528. The van der Waals surface area contributed by atoms with E-state index < -0.39 is 5.60 Å². The normalized spacial score (nSPS) is 24.3. The summed E-state index contributed by atoms with van der Waals surface area (Å²) in [6.07, 6.45) is 6.30. The number of hydrogen-bond acceptors (Lipinski definition) is 3. The van der Waals surface area contributed by atoms with Gasteiger partial charge in [-0.2, -0.15) is 0 Å². The molecule has 0 aromatic carbocycles. The first-order valence-electron chi connectivity index (χ1n) is 6.26. The zero-order chi connectivity index (χ0) is 13.9. The molecule has 0 bridgehead atoms. The lowest BCUT2D eigenvalue weighted by Gasteiger charge is -2.38. The van der Waals surface area contributed by atoms with Gasteiger partial charge in [-0.15, -0.1) is 6.42 Å². The summed E-state index contributed by atoms with van der Waals surface area (Å²) in [5, 5.41) is 0. The second-order valence-corrected chi connectivity index (χ2v) is 5.67. The molecule has 1 heterocycles. The summed E-state index contributed by atoms with van der Waals surface area (Å²) in [6, 6.07) is -0.197. The molecular formula is C14H21NO3. The van der Waals surface area contributed by atoms with Gasteiger partial charge in [0.1, 0.15) is 5.60 Å². The fourth-order valence-electron chi connectivity index (χ4n) is 2.18. The van der Waals surface area contributed by atoms with Gasteiger partial charge in [0.05, 0.1) is 5.92 Å². The molecule has 1 aliphatic heterocycles. The Morgan fingerprint density at radius 1 is 1.39 bits per heavy atom. The highest BCUT2D eigenvalue weighted by molar-refractivity contribution is 5.97. The van der Waals surface area contributed by atoms with Crippen LogP contribution in [-0.2, 0) is 9.53 Å². The SMILES string of the molecule is C#CC(=O)[C@@H]1CCCN(C(=O)OC(C)(C)C)[C@@H]1C. The molecule has 0 aromatic heterocycles. The highest BCUT2D eigenvalue weighted by Crippen LogP contribution is 2.25. The molecule has 0 aliphatic carbocycles.